The summed E-state index contributed by atoms with van der Waals surface area (Å²) in [5.41, 5.74) is 0.933. The highest BCUT2D eigenvalue weighted by atomic mass is 79.9. The Hall–Kier alpha value is -2.46. The number of halogens is 2. The SMILES string of the molecule is N#Cc1cc([N+](=O)[O-])ccc1Nc1ccc(F)cc1Br. The molecule has 100 valence electrons. The van der Waals surface area contributed by atoms with E-state index in [1.54, 1.807) is 0 Å². The lowest BCUT2D eigenvalue weighted by molar-refractivity contribution is -0.384. The Morgan fingerprint density at radius 3 is 2.55 bits per heavy atom. The lowest BCUT2D eigenvalue weighted by Gasteiger charge is -2.10. The third-order valence-electron chi connectivity index (χ3n) is 2.53. The van der Waals surface area contributed by atoms with E-state index in [-0.39, 0.29) is 11.3 Å². The summed E-state index contributed by atoms with van der Waals surface area (Å²) in [4.78, 5) is 10.1. The van der Waals surface area contributed by atoms with Gasteiger partial charge in [-0.15, -0.1) is 0 Å². The second kappa shape index (κ2) is 5.67. The normalized spacial score (nSPS) is 9.85. The van der Waals surface area contributed by atoms with Crippen LogP contribution in [0.15, 0.2) is 40.9 Å². The standard InChI is InChI=1S/C13H7BrFN3O2/c14-11-6-9(15)1-3-13(11)17-12-4-2-10(18(19)20)5-8(12)7-16/h1-6,17H. The first kappa shape index (κ1) is 14.0. The van der Waals surface area contributed by atoms with Gasteiger partial charge in [0.05, 0.1) is 21.9 Å². The van der Waals surface area contributed by atoms with Crippen molar-refractivity contribution in [2.75, 3.05) is 5.32 Å². The molecule has 0 aliphatic carbocycles. The number of non-ortho nitro benzene ring substituents is 1. The van der Waals surface area contributed by atoms with Crippen LogP contribution in [0.2, 0.25) is 0 Å². The molecule has 2 rings (SSSR count). The molecule has 0 saturated heterocycles. The minimum atomic E-state index is -0.571. The molecule has 0 radical (unpaired) electrons. The monoisotopic (exact) mass is 335 g/mol. The van der Waals surface area contributed by atoms with Gasteiger partial charge in [0.25, 0.3) is 5.69 Å². The Bertz CT molecular complexity index is 728. The van der Waals surface area contributed by atoms with E-state index in [4.69, 9.17) is 5.26 Å². The quantitative estimate of drug-likeness (QED) is 0.676. The lowest BCUT2D eigenvalue weighted by atomic mass is 10.1. The van der Waals surface area contributed by atoms with Crippen molar-refractivity contribution in [1.29, 1.82) is 5.26 Å². The zero-order chi connectivity index (χ0) is 14.7. The number of rotatable bonds is 3. The van der Waals surface area contributed by atoms with Gasteiger partial charge in [-0.05, 0) is 40.2 Å². The van der Waals surface area contributed by atoms with Crippen molar-refractivity contribution in [3.05, 3.63) is 62.4 Å². The lowest BCUT2D eigenvalue weighted by Crippen LogP contribution is -1.97. The molecule has 5 nitrogen and oxygen atoms in total. The van der Waals surface area contributed by atoms with Crippen LogP contribution in [0.25, 0.3) is 0 Å². The Balaban J connectivity index is 2.39. The number of benzene rings is 2. The molecular formula is C13H7BrFN3O2. The molecule has 2 aromatic rings. The van der Waals surface area contributed by atoms with Gasteiger partial charge in [0, 0.05) is 16.6 Å². The number of hydrogen-bond acceptors (Lipinski definition) is 4. The van der Waals surface area contributed by atoms with Gasteiger partial charge in [0.2, 0.25) is 0 Å². The van der Waals surface area contributed by atoms with Gasteiger partial charge in [-0.3, -0.25) is 10.1 Å². The maximum absolute atomic E-state index is 13.0. The fourth-order valence-electron chi connectivity index (χ4n) is 1.58. The van der Waals surface area contributed by atoms with Crippen LogP contribution in [-0.2, 0) is 0 Å². The molecule has 0 atom stereocenters. The van der Waals surface area contributed by atoms with Gasteiger partial charge in [0.1, 0.15) is 11.9 Å². The molecule has 2 aromatic carbocycles. The minimum absolute atomic E-state index is 0.135. The predicted octanol–water partition coefficient (Wildman–Crippen LogP) is 4.11. The van der Waals surface area contributed by atoms with Gasteiger partial charge in [0.15, 0.2) is 0 Å². The van der Waals surface area contributed by atoms with E-state index in [2.05, 4.69) is 21.2 Å². The molecule has 0 unspecified atom stereocenters. The van der Waals surface area contributed by atoms with Gasteiger partial charge in [-0.25, -0.2) is 4.39 Å². The topological polar surface area (TPSA) is 79.0 Å². The number of nitriles is 1. The Morgan fingerprint density at radius 2 is 1.95 bits per heavy atom. The summed E-state index contributed by atoms with van der Waals surface area (Å²) >= 11 is 3.20. The zero-order valence-electron chi connectivity index (χ0n) is 9.93. The van der Waals surface area contributed by atoms with Crippen LogP contribution in [0.5, 0.6) is 0 Å². The van der Waals surface area contributed by atoms with E-state index in [0.717, 1.165) is 0 Å². The number of nitro benzene ring substituents is 1. The molecule has 0 bridgehead atoms. The largest absolute Gasteiger partial charge is 0.354 e. The first-order valence-corrected chi connectivity index (χ1v) is 6.21. The fourth-order valence-corrected chi connectivity index (χ4v) is 2.03. The first-order chi connectivity index (χ1) is 9.51. The van der Waals surface area contributed by atoms with Crippen molar-refractivity contribution in [3.63, 3.8) is 0 Å². The molecular weight excluding hydrogens is 329 g/mol. The molecule has 0 spiro atoms. The number of nitro groups is 1. The smallest absolute Gasteiger partial charge is 0.270 e. The average Bonchev–Trinajstić information content (AvgIpc) is 2.42. The van der Waals surface area contributed by atoms with Crippen LogP contribution >= 0.6 is 15.9 Å². The maximum Gasteiger partial charge on any atom is 0.270 e. The summed E-state index contributed by atoms with van der Waals surface area (Å²) in [6.07, 6.45) is 0. The Labute approximate surface area is 121 Å². The summed E-state index contributed by atoms with van der Waals surface area (Å²) in [7, 11) is 0. The van der Waals surface area contributed by atoms with Crippen LogP contribution in [0.3, 0.4) is 0 Å². The van der Waals surface area contributed by atoms with Crippen molar-refractivity contribution in [3.8, 4) is 6.07 Å². The molecule has 0 aliphatic rings. The number of anilines is 2. The number of hydrogen-bond donors (Lipinski definition) is 1. The van der Waals surface area contributed by atoms with Crippen molar-refractivity contribution in [1.82, 2.24) is 0 Å². The van der Waals surface area contributed by atoms with E-state index in [1.807, 2.05) is 6.07 Å². The number of nitrogens with zero attached hydrogens (tertiary/aromatic N) is 2. The van der Waals surface area contributed by atoms with Gasteiger partial charge >= 0.3 is 0 Å². The van der Waals surface area contributed by atoms with E-state index >= 15 is 0 Å². The summed E-state index contributed by atoms with van der Waals surface area (Å²) in [6.45, 7) is 0. The molecule has 20 heavy (non-hydrogen) atoms. The van der Waals surface area contributed by atoms with Crippen LogP contribution in [0.1, 0.15) is 5.56 Å². The summed E-state index contributed by atoms with van der Waals surface area (Å²) in [5.74, 6) is -0.397. The van der Waals surface area contributed by atoms with Crippen LogP contribution in [0, 0.1) is 27.3 Å². The van der Waals surface area contributed by atoms with E-state index in [9.17, 15) is 14.5 Å². The summed E-state index contributed by atoms with van der Waals surface area (Å²) < 4.78 is 13.5. The second-order valence-electron chi connectivity index (χ2n) is 3.85. The summed E-state index contributed by atoms with van der Waals surface area (Å²) in [6, 6.07) is 9.84. The van der Waals surface area contributed by atoms with Crippen molar-refractivity contribution < 1.29 is 9.31 Å². The van der Waals surface area contributed by atoms with Crippen LogP contribution in [0.4, 0.5) is 21.5 Å². The van der Waals surface area contributed by atoms with E-state index in [0.29, 0.717) is 15.8 Å². The molecule has 0 saturated carbocycles. The van der Waals surface area contributed by atoms with Crippen LogP contribution < -0.4 is 5.32 Å². The molecule has 1 N–H and O–H groups in total. The zero-order valence-corrected chi connectivity index (χ0v) is 11.5. The van der Waals surface area contributed by atoms with E-state index in [1.165, 1.54) is 36.4 Å². The van der Waals surface area contributed by atoms with Crippen molar-refractivity contribution >= 4 is 33.0 Å². The molecule has 0 heterocycles. The van der Waals surface area contributed by atoms with Gasteiger partial charge in [-0.2, -0.15) is 5.26 Å². The van der Waals surface area contributed by atoms with Crippen molar-refractivity contribution in [2.24, 2.45) is 0 Å². The van der Waals surface area contributed by atoms with Crippen LogP contribution in [-0.4, -0.2) is 4.92 Å². The minimum Gasteiger partial charge on any atom is -0.354 e. The number of nitrogens with one attached hydrogen (secondary N) is 1. The second-order valence-corrected chi connectivity index (χ2v) is 4.70. The highest BCUT2D eigenvalue weighted by Gasteiger charge is 2.11. The fraction of sp³-hybridized carbons (Fsp3) is 0. The molecule has 0 aliphatic heterocycles. The maximum atomic E-state index is 13.0. The molecule has 0 aromatic heterocycles. The predicted molar refractivity (Wildman–Crippen MR) is 75.2 cm³/mol. The highest BCUT2D eigenvalue weighted by Crippen LogP contribution is 2.29. The Kier molecular flexibility index (Phi) is 3.96. The third-order valence-corrected chi connectivity index (χ3v) is 3.19. The van der Waals surface area contributed by atoms with Gasteiger partial charge < -0.3 is 5.32 Å². The highest BCUT2D eigenvalue weighted by molar-refractivity contribution is 9.10. The van der Waals surface area contributed by atoms with Crippen molar-refractivity contribution in [2.45, 2.75) is 0 Å². The summed E-state index contributed by atoms with van der Waals surface area (Å²) in [5, 5.41) is 22.6. The van der Waals surface area contributed by atoms with Gasteiger partial charge in [-0.1, -0.05) is 0 Å². The first-order valence-electron chi connectivity index (χ1n) is 5.42. The Morgan fingerprint density at radius 1 is 1.25 bits per heavy atom. The third kappa shape index (κ3) is 2.92. The molecule has 7 heteroatoms. The molecule has 0 fully saturated rings. The molecule has 0 amide bonds. The average molecular weight is 336 g/mol. The van der Waals surface area contributed by atoms with E-state index < -0.39 is 10.7 Å².